The molecule has 0 aliphatic carbocycles. The van der Waals surface area contributed by atoms with Gasteiger partial charge in [-0.1, -0.05) is 11.6 Å². The molecule has 0 amide bonds. The number of aromatic nitrogens is 1. The first-order valence-corrected chi connectivity index (χ1v) is 3.71. The fourth-order valence-electron chi connectivity index (χ4n) is 0.918. The van der Waals surface area contributed by atoms with Gasteiger partial charge in [-0.2, -0.15) is 0 Å². The summed E-state index contributed by atoms with van der Waals surface area (Å²) in [6, 6.07) is 0. The molecular weight excluding hydrogens is 202 g/mol. The van der Waals surface area contributed by atoms with E-state index in [4.69, 9.17) is 17.3 Å². The fourth-order valence-corrected chi connectivity index (χ4v) is 1.15. The van der Waals surface area contributed by atoms with Crippen LogP contribution in [0.1, 0.15) is 12.0 Å². The zero-order valence-electron chi connectivity index (χ0n) is 6.72. The lowest BCUT2D eigenvalue weighted by Gasteiger charge is -2.10. The Hall–Kier alpha value is -1.10. The van der Waals surface area contributed by atoms with Gasteiger partial charge in [0, 0.05) is 0 Å². The molecule has 0 aliphatic heterocycles. The van der Waals surface area contributed by atoms with E-state index in [2.05, 4.69) is 9.72 Å². The molecule has 3 nitrogen and oxygen atoms in total. The smallest absolute Gasteiger partial charge is 0.271 e. The van der Waals surface area contributed by atoms with E-state index in [0.29, 0.717) is 0 Å². The van der Waals surface area contributed by atoms with Gasteiger partial charge in [0.15, 0.2) is 5.75 Å². The van der Waals surface area contributed by atoms with Gasteiger partial charge in [-0.15, -0.1) is 0 Å². The van der Waals surface area contributed by atoms with Crippen LogP contribution < -0.4 is 10.5 Å². The average Bonchev–Trinajstić information content (AvgIpc) is 2.07. The Morgan fingerprint density at radius 1 is 1.62 bits per heavy atom. The molecule has 0 spiro atoms. The van der Waals surface area contributed by atoms with Gasteiger partial charge in [-0.3, -0.25) is 0 Å². The van der Waals surface area contributed by atoms with Gasteiger partial charge in [0.25, 0.3) is 6.43 Å². The molecule has 0 fully saturated rings. The molecule has 0 aromatic carbocycles. The summed E-state index contributed by atoms with van der Waals surface area (Å²) >= 11 is 5.57. The molecule has 0 saturated heterocycles. The molecule has 1 aromatic rings. The van der Waals surface area contributed by atoms with Crippen LogP contribution in [0, 0.1) is 0 Å². The maximum Gasteiger partial charge on any atom is 0.271 e. The predicted molar refractivity (Wildman–Crippen MR) is 45.2 cm³/mol. The number of nitrogens with zero attached hydrogens (tertiary/aromatic N) is 1. The fraction of sp³-hybridized carbons (Fsp3) is 0.286. The number of nitrogen functional groups attached to an aromatic ring is 1. The van der Waals surface area contributed by atoms with Crippen LogP contribution in [-0.2, 0) is 0 Å². The molecule has 0 aliphatic rings. The lowest BCUT2D eigenvalue weighted by atomic mass is 10.2. The third kappa shape index (κ3) is 1.80. The number of pyridine rings is 1. The Morgan fingerprint density at radius 2 is 2.23 bits per heavy atom. The maximum absolute atomic E-state index is 12.4. The highest BCUT2D eigenvalue weighted by Crippen LogP contribution is 2.37. The highest BCUT2D eigenvalue weighted by Gasteiger charge is 2.20. The zero-order valence-corrected chi connectivity index (χ0v) is 7.48. The summed E-state index contributed by atoms with van der Waals surface area (Å²) in [7, 11) is 1.24. The molecule has 6 heteroatoms. The number of nitrogens with two attached hydrogens (primary N) is 1. The van der Waals surface area contributed by atoms with Gasteiger partial charge in [0.2, 0.25) is 0 Å². The minimum atomic E-state index is -2.75. The van der Waals surface area contributed by atoms with Crippen LogP contribution in [0.5, 0.6) is 5.75 Å². The van der Waals surface area contributed by atoms with E-state index in [0.717, 1.165) is 0 Å². The summed E-state index contributed by atoms with van der Waals surface area (Å²) in [5.41, 5.74) is 4.77. The molecule has 0 radical (unpaired) electrons. The Balaban J connectivity index is 3.35. The second kappa shape index (κ2) is 3.74. The van der Waals surface area contributed by atoms with Crippen molar-refractivity contribution < 1.29 is 13.5 Å². The Bertz CT molecular complexity index is 320. The standard InChI is InChI=1S/C7H7ClF2N2O/c1-13-5-3(8)2-12-7(11)4(5)6(9)10/h2,6H,1H3,(H2,11,12). The van der Waals surface area contributed by atoms with E-state index < -0.39 is 12.0 Å². The number of hydrogen-bond donors (Lipinski definition) is 1. The number of methoxy groups -OCH3 is 1. The third-order valence-corrected chi connectivity index (χ3v) is 1.75. The lowest BCUT2D eigenvalue weighted by Crippen LogP contribution is -2.01. The molecular formula is C7H7ClF2N2O. The summed E-state index contributed by atoms with van der Waals surface area (Å²) in [5.74, 6) is -0.389. The Kier molecular flexibility index (Phi) is 2.87. The van der Waals surface area contributed by atoms with Gasteiger partial charge in [-0.25, -0.2) is 13.8 Å². The predicted octanol–water partition coefficient (Wildman–Crippen LogP) is 2.26. The molecule has 1 rings (SSSR count). The molecule has 0 unspecified atom stereocenters. The largest absolute Gasteiger partial charge is 0.494 e. The van der Waals surface area contributed by atoms with Crippen LogP contribution in [-0.4, -0.2) is 12.1 Å². The van der Waals surface area contributed by atoms with Crippen LogP contribution in [0.15, 0.2) is 6.20 Å². The second-order valence-corrected chi connectivity index (χ2v) is 2.65. The summed E-state index contributed by atoms with van der Waals surface area (Å²) in [4.78, 5) is 3.49. The van der Waals surface area contributed by atoms with Crippen LogP contribution in [0.4, 0.5) is 14.6 Å². The number of anilines is 1. The summed E-state index contributed by atoms with van der Waals surface area (Å²) in [6.07, 6.45) is -1.58. The van der Waals surface area contributed by atoms with E-state index in [1.807, 2.05) is 0 Å². The van der Waals surface area contributed by atoms with Crippen molar-refractivity contribution in [2.75, 3.05) is 12.8 Å². The molecule has 1 heterocycles. The minimum absolute atomic E-state index is 0.0204. The normalized spacial score (nSPS) is 10.5. The van der Waals surface area contributed by atoms with E-state index in [1.54, 1.807) is 0 Å². The number of alkyl halides is 2. The molecule has 13 heavy (non-hydrogen) atoms. The van der Waals surface area contributed by atoms with Crippen molar-refractivity contribution in [3.8, 4) is 5.75 Å². The summed E-state index contributed by atoms with van der Waals surface area (Å²) < 4.78 is 29.5. The number of hydrogen-bond acceptors (Lipinski definition) is 3. The monoisotopic (exact) mass is 208 g/mol. The number of halogens is 3. The highest BCUT2D eigenvalue weighted by atomic mass is 35.5. The van der Waals surface area contributed by atoms with E-state index >= 15 is 0 Å². The van der Waals surface area contributed by atoms with Gasteiger partial charge >= 0.3 is 0 Å². The number of ether oxygens (including phenoxy) is 1. The molecule has 0 bridgehead atoms. The molecule has 0 saturated carbocycles. The topological polar surface area (TPSA) is 48.1 Å². The van der Waals surface area contributed by atoms with Crippen LogP contribution in [0.25, 0.3) is 0 Å². The first-order chi connectivity index (χ1) is 6.07. The molecule has 2 N–H and O–H groups in total. The Morgan fingerprint density at radius 3 is 2.62 bits per heavy atom. The van der Waals surface area contributed by atoms with Crippen LogP contribution >= 0.6 is 11.6 Å². The second-order valence-electron chi connectivity index (χ2n) is 2.24. The van der Waals surface area contributed by atoms with Crippen molar-refractivity contribution >= 4 is 17.4 Å². The highest BCUT2D eigenvalue weighted by molar-refractivity contribution is 6.32. The zero-order chi connectivity index (χ0) is 10.0. The van der Waals surface area contributed by atoms with Crippen LogP contribution in [0.2, 0.25) is 5.02 Å². The van der Waals surface area contributed by atoms with E-state index in [-0.39, 0.29) is 16.6 Å². The lowest BCUT2D eigenvalue weighted by molar-refractivity contribution is 0.147. The van der Waals surface area contributed by atoms with Crippen molar-refractivity contribution in [3.63, 3.8) is 0 Å². The summed E-state index contributed by atoms with van der Waals surface area (Å²) in [6.45, 7) is 0. The Labute approximate surface area is 78.5 Å². The van der Waals surface area contributed by atoms with Gasteiger partial charge in [-0.05, 0) is 0 Å². The maximum atomic E-state index is 12.4. The quantitative estimate of drug-likeness (QED) is 0.811. The van der Waals surface area contributed by atoms with Gasteiger partial charge in [0.1, 0.15) is 16.4 Å². The van der Waals surface area contributed by atoms with Crippen molar-refractivity contribution in [1.29, 1.82) is 0 Å². The van der Waals surface area contributed by atoms with Gasteiger partial charge < -0.3 is 10.5 Å². The third-order valence-electron chi connectivity index (χ3n) is 1.48. The first kappa shape index (κ1) is 9.98. The van der Waals surface area contributed by atoms with Crippen LogP contribution in [0.3, 0.4) is 0 Å². The van der Waals surface area contributed by atoms with Crippen molar-refractivity contribution in [1.82, 2.24) is 4.98 Å². The average molecular weight is 209 g/mol. The first-order valence-electron chi connectivity index (χ1n) is 3.34. The summed E-state index contributed by atoms with van der Waals surface area (Å²) in [5, 5.41) is 0.0204. The SMILES string of the molecule is COc1c(Cl)cnc(N)c1C(F)F. The molecule has 0 atom stereocenters. The van der Waals surface area contributed by atoms with E-state index in [1.165, 1.54) is 13.3 Å². The van der Waals surface area contributed by atoms with Crippen molar-refractivity contribution in [3.05, 3.63) is 16.8 Å². The molecule has 1 aromatic heterocycles. The van der Waals surface area contributed by atoms with E-state index in [9.17, 15) is 8.78 Å². The molecule has 72 valence electrons. The van der Waals surface area contributed by atoms with Gasteiger partial charge in [0.05, 0.1) is 13.3 Å². The number of rotatable bonds is 2. The minimum Gasteiger partial charge on any atom is -0.494 e. The van der Waals surface area contributed by atoms with Crippen molar-refractivity contribution in [2.45, 2.75) is 6.43 Å². The van der Waals surface area contributed by atoms with Crippen molar-refractivity contribution in [2.24, 2.45) is 0 Å².